The lowest BCUT2D eigenvalue weighted by molar-refractivity contribution is -0.140. The second-order valence-electron chi connectivity index (χ2n) is 2.99. The normalized spacial score (nSPS) is 14.2. The molecule has 0 spiro atoms. The Bertz CT molecular complexity index is 165. The van der Waals surface area contributed by atoms with E-state index in [9.17, 15) is 13.2 Å². The van der Waals surface area contributed by atoms with Crippen molar-refractivity contribution in [2.45, 2.75) is 38.4 Å². The van der Waals surface area contributed by atoms with Crippen molar-refractivity contribution in [3.8, 4) is 0 Å². The van der Waals surface area contributed by atoms with Crippen molar-refractivity contribution in [1.82, 2.24) is 5.43 Å². The fourth-order valence-electron chi connectivity index (χ4n) is 0.962. The first-order chi connectivity index (χ1) is 5.89. The van der Waals surface area contributed by atoms with Crippen LogP contribution in [0.3, 0.4) is 0 Å². The molecule has 2 nitrogen and oxygen atoms in total. The maximum atomic E-state index is 11.9. The minimum absolute atomic E-state index is 0.270. The van der Waals surface area contributed by atoms with Gasteiger partial charge in [0.15, 0.2) is 0 Å². The van der Waals surface area contributed by atoms with Crippen LogP contribution in [0.5, 0.6) is 0 Å². The second-order valence-corrected chi connectivity index (χ2v) is 2.99. The number of alkyl halides is 3. The third-order valence-electron chi connectivity index (χ3n) is 1.75. The predicted octanol–water partition coefficient (Wildman–Crippen LogP) is 2.13. The molecule has 3 N–H and O–H groups in total. The largest absolute Gasteiger partial charge is 0.390 e. The molecule has 0 aromatic rings. The molecule has 0 amide bonds. The van der Waals surface area contributed by atoms with Crippen LogP contribution in [-0.2, 0) is 0 Å². The molecule has 1 atom stereocenters. The summed E-state index contributed by atoms with van der Waals surface area (Å²) in [5.41, 5.74) is 2.91. The highest BCUT2D eigenvalue weighted by molar-refractivity contribution is 4.96. The van der Waals surface area contributed by atoms with Crippen LogP contribution in [-0.4, -0.2) is 12.2 Å². The number of halogens is 3. The third kappa shape index (κ3) is 6.60. The molecule has 0 aromatic heterocycles. The van der Waals surface area contributed by atoms with Crippen LogP contribution in [0, 0.1) is 0 Å². The molecule has 0 aliphatic carbocycles. The van der Waals surface area contributed by atoms with Crippen LogP contribution >= 0.6 is 0 Å². The molecule has 0 aliphatic rings. The summed E-state index contributed by atoms with van der Waals surface area (Å²) < 4.78 is 35.8. The fraction of sp³-hybridized carbons (Fsp3) is 0.750. The summed E-state index contributed by atoms with van der Waals surface area (Å²) in [5.74, 6) is 4.99. The van der Waals surface area contributed by atoms with Gasteiger partial charge < -0.3 is 0 Å². The van der Waals surface area contributed by atoms with Crippen LogP contribution in [0.4, 0.5) is 13.2 Å². The summed E-state index contributed by atoms with van der Waals surface area (Å²) in [4.78, 5) is 0. The summed E-state index contributed by atoms with van der Waals surface area (Å²) in [6.07, 6.45) is -4.14. The van der Waals surface area contributed by atoms with Crippen molar-refractivity contribution in [2.24, 2.45) is 5.84 Å². The van der Waals surface area contributed by atoms with E-state index < -0.39 is 18.6 Å². The molecule has 0 radical (unpaired) electrons. The lowest BCUT2D eigenvalue weighted by atomic mass is 10.0. The van der Waals surface area contributed by atoms with Gasteiger partial charge in [0.1, 0.15) is 0 Å². The summed E-state index contributed by atoms with van der Waals surface area (Å²) >= 11 is 0. The zero-order chi connectivity index (χ0) is 10.5. The second kappa shape index (κ2) is 5.24. The summed E-state index contributed by atoms with van der Waals surface area (Å²) in [7, 11) is 0. The van der Waals surface area contributed by atoms with E-state index in [1.54, 1.807) is 0 Å². The van der Waals surface area contributed by atoms with Crippen LogP contribution in [0.25, 0.3) is 0 Å². The summed E-state index contributed by atoms with van der Waals surface area (Å²) in [6.45, 7) is 5.48. The molecule has 0 fully saturated rings. The number of hydrogen-bond donors (Lipinski definition) is 2. The maximum Gasteiger partial charge on any atom is 0.390 e. The Morgan fingerprint density at radius 3 is 2.38 bits per heavy atom. The van der Waals surface area contributed by atoms with E-state index in [1.165, 1.54) is 0 Å². The van der Waals surface area contributed by atoms with Gasteiger partial charge >= 0.3 is 6.18 Å². The Morgan fingerprint density at radius 1 is 1.54 bits per heavy atom. The van der Waals surface area contributed by atoms with Gasteiger partial charge in [0, 0.05) is 6.04 Å². The average Bonchev–Trinajstić information content (AvgIpc) is 2.00. The molecule has 78 valence electrons. The highest BCUT2D eigenvalue weighted by Gasteiger charge is 2.31. The first-order valence-electron chi connectivity index (χ1n) is 4.08. The number of rotatable bonds is 5. The van der Waals surface area contributed by atoms with Crippen molar-refractivity contribution in [3.05, 3.63) is 12.2 Å². The van der Waals surface area contributed by atoms with Gasteiger partial charge in [0.05, 0.1) is 6.42 Å². The summed E-state index contributed by atoms with van der Waals surface area (Å²) in [5, 5.41) is 0. The van der Waals surface area contributed by atoms with Gasteiger partial charge in [0.2, 0.25) is 0 Å². The van der Waals surface area contributed by atoms with Crippen LogP contribution < -0.4 is 11.3 Å². The van der Waals surface area contributed by atoms with Gasteiger partial charge in [-0.2, -0.15) is 13.2 Å². The lowest BCUT2D eigenvalue weighted by Crippen LogP contribution is -2.38. The van der Waals surface area contributed by atoms with E-state index in [0.29, 0.717) is 6.42 Å². The van der Waals surface area contributed by atoms with Crippen molar-refractivity contribution >= 4 is 0 Å². The number of hydrogen-bond acceptors (Lipinski definition) is 2. The van der Waals surface area contributed by atoms with Crippen molar-refractivity contribution in [3.63, 3.8) is 0 Å². The first-order valence-corrected chi connectivity index (χ1v) is 4.08. The number of nitrogens with one attached hydrogen (secondary N) is 1. The van der Waals surface area contributed by atoms with Gasteiger partial charge in [-0.25, -0.2) is 0 Å². The van der Waals surface area contributed by atoms with Crippen molar-refractivity contribution in [1.29, 1.82) is 0 Å². The van der Waals surface area contributed by atoms with Crippen LogP contribution in [0.1, 0.15) is 26.2 Å². The minimum Gasteiger partial charge on any atom is -0.271 e. The zero-order valence-corrected chi connectivity index (χ0v) is 7.62. The molecule has 0 aromatic carbocycles. The van der Waals surface area contributed by atoms with Gasteiger partial charge in [-0.15, -0.1) is 0 Å². The smallest absolute Gasteiger partial charge is 0.271 e. The van der Waals surface area contributed by atoms with Gasteiger partial charge in [-0.05, 0) is 12.8 Å². The Kier molecular flexibility index (Phi) is 5.02. The minimum atomic E-state index is -4.18. The molecule has 13 heavy (non-hydrogen) atoms. The molecule has 0 rings (SSSR count). The van der Waals surface area contributed by atoms with E-state index in [0.717, 1.165) is 5.57 Å². The molecule has 1 unspecified atom stereocenters. The Hall–Kier alpha value is -0.550. The molecular weight excluding hydrogens is 181 g/mol. The SMILES string of the molecule is C=C(CC)CC(CC(F)(F)F)NN. The Labute approximate surface area is 76.0 Å². The van der Waals surface area contributed by atoms with Crippen molar-refractivity contribution < 1.29 is 13.2 Å². The predicted molar refractivity (Wildman–Crippen MR) is 45.8 cm³/mol. The molecule has 5 heteroatoms. The molecule has 0 saturated heterocycles. The maximum absolute atomic E-state index is 11.9. The van der Waals surface area contributed by atoms with Gasteiger partial charge in [-0.3, -0.25) is 11.3 Å². The van der Waals surface area contributed by atoms with Crippen molar-refractivity contribution in [2.75, 3.05) is 0 Å². The average molecular weight is 196 g/mol. The van der Waals surface area contributed by atoms with E-state index >= 15 is 0 Å². The molecule has 0 aliphatic heterocycles. The zero-order valence-electron chi connectivity index (χ0n) is 7.62. The topological polar surface area (TPSA) is 38.0 Å². The molecule has 0 saturated carbocycles. The van der Waals surface area contributed by atoms with E-state index in [4.69, 9.17) is 5.84 Å². The molecular formula is C8H15F3N2. The Balaban J connectivity index is 3.97. The van der Waals surface area contributed by atoms with Crippen LogP contribution in [0.2, 0.25) is 0 Å². The number of nitrogens with two attached hydrogens (primary N) is 1. The van der Waals surface area contributed by atoms with Gasteiger partial charge in [0.25, 0.3) is 0 Å². The monoisotopic (exact) mass is 196 g/mol. The molecule has 0 heterocycles. The fourth-order valence-corrected chi connectivity index (χ4v) is 0.962. The third-order valence-corrected chi connectivity index (χ3v) is 1.75. The van der Waals surface area contributed by atoms with E-state index in [2.05, 4.69) is 12.0 Å². The van der Waals surface area contributed by atoms with Crippen LogP contribution in [0.15, 0.2) is 12.2 Å². The highest BCUT2D eigenvalue weighted by atomic mass is 19.4. The van der Waals surface area contributed by atoms with E-state index in [-0.39, 0.29) is 6.42 Å². The molecule has 0 bridgehead atoms. The standard InChI is InChI=1S/C8H15F3N2/c1-3-6(2)4-7(13-12)5-8(9,10)11/h7,13H,2-5,12H2,1H3. The van der Waals surface area contributed by atoms with E-state index in [1.807, 2.05) is 6.92 Å². The quantitative estimate of drug-likeness (QED) is 0.401. The lowest BCUT2D eigenvalue weighted by Gasteiger charge is -2.18. The first kappa shape index (κ1) is 12.4. The van der Waals surface area contributed by atoms with Gasteiger partial charge in [-0.1, -0.05) is 19.1 Å². The highest BCUT2D eigenvalue weighted by Crippen LogP contribution is 2.24. The number of hydrazine groups is 1. The Morgan fingerprint density at radius 2 is 2.08 bits per heavy atom. The summed E-state index contributed by atoms with van der Waals surface area (Å²) in [6, 6.07) is -0.757.